The molecule has 0 radical (unpaired) electrons. The molecule has 1 heterocycles. The summed E-state index contributed by atoms with van der Waals surface area (Å²) in [7, 11) is 1.37. The van der Waals surface area contributed by atoms with Crippen LogP contribution in [-0.4, -0.2) is 37.2 Å². The van der Waals surface area contributed by atoms with Crippen LogP contribution in [0.2, 0.25) is 0 Å². The first kappa shape index (κ1) is 18.5. The highest BCUT2D eigenvalue weighted by molar-refractivity contribution is 9.10. The van der Waals surface area contributed by atoms with Gasteiger partial charge in [-0.05, 0) is 23.3 Å². The zero-order chi connectivity index (χ0) is 18.5. The van der Waals surface area contributed by atoms with Crippen molar-refractivity contribution in [2.75, 3.05) is 20.2 Å². The lowest BCUT2D eigenvalue weighted by Gasteiger charge is -2.16. The fourth-order valence-electron chi connectivity index (χ4n) is 3.20. The normalized spacial score (nSPS) is 19.2. The molecule has 0 bridgehead atoms. The van der Waals surface area contributed by atoms with E-state index in [1.165, 1.54) is 7.11 Å². The van der Waals surface area contributed by atoms with Crippen LogP contribution < -0.4 is 0 Å². The maximum atomic E-state index is 12.5. The molecule has 1 aliphatic heterocycles. The molecule has 6 heteroatoms. The number of esters is 1. The van der Waals surface area contributed by atoms with Crippen molar-refractivity contribution >= 4 is 28.0 Å². The zero-order valence-corrected chi connectivity index (χ0v) is 16.0. The van der Waals surface area contributed by atoms with E-state index in [1.54, 1.807) is 4.90 Å². The molecule has 1 aliphatic rings. The minimum Gasteiger partial charge on any atom is -0.469 e. The Morgan fingerprint density at radius 2 is 1.77 bits per heavy atom. The molecule has 1 saturated heterocycles. The van der Waals surface area contributed by atoms with Gasteiger partial charge in [0.05, 0.1) is 13.0 Å². The van der Waals surface area contributed by atoms with Gasteiger partial charge in [0.2, 0.25) is 0 Å². The summed E-state index contributed by atoms with van der Waals surface area (Å²) in [6.45, 7) is 0.929. The van der Waals surface area contributed by atoms with Crippen molar-refractivity contribution in [3.8, 4) is 0 Å². The van der Waals surface area contributed by atoms with Gasteiger partial charge >= 0.3 is 12.1 Å². The third-order valence-corrected chi connectivity index (χ3v) is 5.11. The van der Waals surface area contributed by atoms with Crippen LogP contribution in [-0.2, 0) is 20.9 Å². The van der Waals surface area contributed by atoms with Gasteiger partial charge in [-0.2, -0.15) is 0 Å². The molecule has 0 aromatic heterocycles. The molecular weight excluding hydrogens is 398 g/mol. The van der Waals surface area contributed by atoms with Crippen molar-refractivity contribution in [2.45, 2.75) is 12.5 Å². The minimum absolute atomic E-state index is 0.111. The summed E-state index contributed by atoms with van der Waals surface area (Å²) >= 11 is 3.41. The van der Waals surface area contributed by atoms with Crippen molar-refractivity contribution in [2.24, 2.45) is 5.92 Å². The summed E-state index contributed by atoms with van der Waals surface area (Å²) < 4.78 is 11.3. The van der Waals surface area contributed by atoms with Crippen molar-refractivity contribution in [1.29, 1.82) is 0 Å². The summed E-state index contributed by atoms with van der Waals surface area (Å²) in [6, 6.07) is 17.3. The lowest BCUT2D eigenvalue weighted by molar-refractivity contribution is -0.145. The Hall–Kier alpha value is -2.34. The van der Waals surface area contributed by atoms with E-state index in [9.17, 15) is 9.59 Å². The fraction of sp³-hybridized carbons (Fsp3) is 0.300. The monoisotopic (exact) mass is 417 g/mol. The van der Waals surface area contributed by atoms with Crippen molar-refractivity contribution in [3.05, 3.63) is 70.2 Å². The Balaban J connectivity index is 1.70. The smallest absolute Gasteiger partial charge is 0.410 e. The van der Waals surface area contributed by atoms with E-state index in [4.69, 9.17) is 9.47 Å². The third-order valence-electron chi connectivity index (χ3n) is 4.59. The number of amides is 1. The predicted molar refractivity (Wildman–Crippen MR) is 101 cm³/mol. The summed E-state index contributed by atoms with van der Waals surface area (Å²) in [6.07, 6.45) is -0.414. The van der Waals surface area contributed by atoms with Crippen molar-refractivity contribution < 1.29 is 19.1 Å². The van der Waals surface area contributed by atoms with Gasteiger partial charge in [-0.3, -0.25) is 4.79 Å². The summed E-state index contributed by atoms with van der Waals surface area (Å²) in [5, 5.41) is 0. The Kier molecular flexibility index (Phi) is 5.93. The van der Waals surface area contributed by atoms with E-state index in [-0.39, 0.29) is 18.5 Å². The lowest BCUT2D eigenvalue weighted by atomic mass is 9.89. The van der Waals surface area contributed by atoms with Crippen LogP contribution in [0.1, 0.15) is 17.0 Å². The molecule has 1 amide bonds. The lowest BCUT2D eigenvalue weighted by Crippen LogP contribution is -2.30. The fourth-order valence-corrected chi connectivity index (χ4v) is 3.47. The molecule has 0 unspecified atom stereocenters. The molecule has 1 fully saturated rings. The molecule has 0 N–H and O–H groups in total. The first-order chi connectivity index (χ1) is 12.6. The second kappa shape index (κ2) is 8.36. The van der Waals surface area contributed by atoms with E-state index in [1.807, 2.05) is 54.6 Å². The second-order valence-electron chi connectivity index (χ2n) is 6.23. The average Bonchev–Trinajstić information content (AvgIpc) is 3.12. The summed E-state index contributed by atoms with van der Waals surface area (Å²) in [5.41, 5.74) is 1.93. The van der Waals surface area contributed by atoms with Crippen LogP contribution in [0.5, 0.6) is 0 Å². The molecule has 26 heavy (non-hydrogen) atoms. The largest absolute Gasteiger partial charge is 0.469 e. The molecule has 2 aromatic carbocycles. The molecule has 5 nitrogen and oxygen atoms in total. The first-order valence-corrected chi connectivity index (χ1v) is 9.16. The van der Waals surface area contributed by atoms with E-state index < -0.39 is 12.0 Å². The summed E-state index contributed by atoms with van der Waals surface area (Å²) in [4.78, 5) is 26.2. The number of carbonyl (C=O) groups is 2. The molecule has 3 rings (SSSR count). The van der Waals surface area contributed by atoms with E-state index >= 15 is 0 Å². The Morgan fingerprint density at radius 1 is 1.08 bits per heavy atom. The number of rotatable bonds is 4. The number of nitrogens with zero attached hydrogens (tertiary/aromatic N) is 1. The molecule has 0 aliphatic carbocycles. The Labute approximate surface area is 161 Å². The van der Waals surface area contributed by atoms with Crippen LogP contribution in [0.4, 0.5) is 4.79 Å². The van der Waals surface area contributed by atoms with Gasteiger partial charge in [-0.1, -0.05) is 58.4 Å². The maximum Gasteiger partial charge on any atom is 0.410 e. The highest BCUT2D eigenvalue weighted by Crippen LogP contribution is 2.34. The van der Waals surface area contributed by atoms with Crippen LogP contribution in [0.25, 0.3) is 0 Å². The Morgan fingerprint density at radius 3 is 2.42 bits per heavy atom. The number of likely N-dealkylation sites (tertiary alicyclic amines) is 1. The number of hydrogen-bond donors (Lipinski definition) is 0. The van der Waals surface area contributed by atoms with Gasteiger partial charge in [-0.25, -0.2) is 4.79 Å². The molecule has 2 atom stereocenters. The van der Waals surface area contributed by atoms with Crippen LogP contribution in [0.3, 0.4) is 0 Å². The van der Waals surface area contributed by atoms with Gasteiger partial charge < -0.3 is 14.4 Å². The number of methoxy groups -OCH3 is 1. The molecule has 136 valence electrons. The molecule has 0 spiro atoms. The zero-order valence-electron chi connectivity index (χ0n) is 14.4. The first-order valence-electron chi connectivity index (χ1n) is 8.37. The average molecular weight is 418 g/mol. The van der Waals surface area contributed by atoms with E-state index in [0.29, 0.717) is 13.1 Å². The number of carbonyl (C=O) groups excluding carboxylic acids is 2. The third kappa shape index (κ3) is 4.25. The number of benzene rings is 2. The number of ether oxygens (including phenoxy) is 2. The predicted octanol–water partition coefficient (Wildman–Crippen LogP) is 3.97. The van der Waals surface area contributed by atoms with Crippen molar-refractivity contribution in [1.82, 2.24) is 4.90 Å². The van der Waals surface area contributed by atoms with E-state index in [2.05, 4.69) is 15.9 Å². The summed E-state index contributed by atoms with van der Waals surface area (Å²) in [5.74, 6) is -0.818. The maximum absolute atomic E-state index is 12.5. The van der Waals surface area contributed by atoms with Gasteiger partial charge in [-0.15, -0.1) is 0 Å². The molecule has 0 saturated carbocycles. The standard InChI is InChI=1S/C20H20BrNO4/c1-25-19(23)18-12-22(11-17(18)15-7-9-16(21)10-8-15)20(24)26-13-14-5-3-2-4-6-14/h2-10,17-18H,11-13H2,1H3/t17-,18+/m0/s1. The number of halogens is 1. The molecule has 2 aromatic rings. The molecular formula is C20H20BrNO4. The van der Waals surface area contributed by atoms with Crippen LogP contribution in [0, 0.1) is 5.92 Å². The topological polar surface area (TPSA) is 55.8 Å². The highest BCUT2D eigenvalue weighted by atomic mass is 79.9. The second-order valence-corrected chi connectivity index (χ2v) is 7.15. The van der Waals surface area contributed by atoms with Crippen LogP contribution >= 0.6 is 15.9 Å². The Bertz CT molecular complexity index is 763. The highest BCUT2D eigenvalue weighted by Gasteiger charge is 2.41. The van der Waals surface area contributed by atoms with Gasteiger partial charge in [0.15, 0.2) is 0 Å². The van der Waals surface area contributed by atoms with Crippen LogP contribution in [0.15, 0.2) is 59.1 Å². The van der Waals surface area contributed by atoms with Gasteiger partial charge in [0, 0.05) is 23.5 Å². The van der Waals surface area contributed by atoms with E-state index in [0.717, 1.165) is 15.6 Å². The van der Waals surface area contributed by atoms with Gasteiger partial charge in [0.25, 0.3) is 0 Å². The minimum atomic E-state index is -0.414. The quantitative estimate of drug-likeness (QED) is 0.706. The number of hydrogen-bond acceptors (Lipinski definition) is 4. The van der Waals surface area contributed by atoms with Gasteiger partial charge in [0.1, 0.15) is 6.61 Å². The van der Waals surface area contributed by atoms with Crippen molar-refractivity contribution in [3.63, 3.8) is 0 Å². The SMILES string of the molecule is COC(=O)[C@@H]1CN(C(=O)OCc2ccccc2)C[C@H]1c1ccc(Br)cc1.